The molecule has 1 unspecified atom stereocenters. The van der Waals surface area contributed by atoms with Crippen LogP contribution < -0.4 is 16.2 Å². The number of nitrogens with zero attached hydrogens (tertiary/aromatic N) is 3. The van der Waals surface area contributed by atoms with Crippen LogP contribution in [0.25, 0.3) is 0 Å². The van der Waals surface area contributed by atoms with E-state index in [1.165, 1.54) is 0 Å². The highest BCUT2D eigenvalue weighted by molar-refractivity contribution is 5.92. The smallest absolute Gasteiger partial charge is 0.415 e. The van der Waals surface area contributed by atoms with Crippen LogP contribution in [-0.4, -0.2) is 21.8 Å². The number of cyclic esters (lactones) is 1. The SMILES string of the molecule is Nc1cncn(CN2C(=O)OC(C#CC3CC3)(C(F)(F)F)c3cc(F)ccc32)c1=O. The van der Waals surface area contributed by atoms with Gasteiger partial charge in [-0.05, 0) is 37.0 Å². The highest BCUT2D eigenvalue weighted by atomic mass is 19.4. The fraction of sp³-hybridized carbons (Fsp3) is 0.316. The molecule has 1 saturated carbocycles. The third-order valence-electron chi connectivity index (χ3n) is 4.74. The first-order chi connectivity index (χ1) is 14.1. The van der Waals surface area contributed by atoms with E-state index < -0.39 is 41.5 Å². The van der Waals surface area contributed by atoms with Crippen molar-refractivity contribution in [2.24, 2.45) is 5.92 Å². The number of fused-ring (bicyclic) bond motifs is 1. The van der Waals surface area contributed by atoms with E-state index in [9.17, 15) is 27.2 Å². The fourth-order valence-electron chi connectivity index (χ4n) is 3.03. The molecule has 1 aromatic heterocycles. The molecular weight excluding hydrogens is 408 g/mol. The van der Waals surface area contributed by atoms with E-state index in [4.69, 9.17) is 10.5 Å². The van der Waals surface area contributed by atoms with Crippen LogP contribution in [0, 0.1) is 23.6 Å². The molecule has 4 rings (SSSR count). The Kier molecular flexibility index (Phi) is 4.45. The van der Waals surface area contributed by atoms with Crippen LogP contribution in [-0.2, 0) is 17.0 Å². The molecular formula is C19H14F4N4O3. The van der Waals surface area contributed by atoms with E-state index >= 15 is 0 Å². The van der Waals surface area contributed by atoms with Gasteiger partial charge in [0.15, 0.2) is 0 Å². The van der Waals surface area contributed by atoms with E-state index in [1.807, 2.05) is 5.92 Å². The Balaban J connectivity index is 1.87. The van der Waals surface area contributed by atoms with Crippen molar-refractivity contribution >= 4 is 17.5 Å². The lowest BCUT2D eigenvalue weighted by atomic mass is 9.89. The van der Waals surface area contributed by atoms with Crippen molar-refractivity contribution < 1.29 is 27.1 Å². The maximum absolute atomic E-state index is 14.1. The normalized spacial score (nSPS) is 20.8. The lowest BCUT2D eigenvalue weighted by molar-refractivity contribution is -0.240. The summed E-state index contributed by atoms with van der Waals surface area (Å²) < 4.78 is 62.0. The van der Waals surface area contributed by atoms with E-state index in [1.54, 1.807) is 0 Å². The Labute approximate surface area is 167 Å². The van der Waals surface area contributed by atoms with Gasteiger partial charge < -0.3 is 10.5 Å². The maximum atomic E-state index is 14.1. The predicted molar refractivity (Wildman–Crippen MR) is 96.5 cm³/mol. The zero-order valence-electron chi connectivity index (χ0n) is 15.2. The number of hydrogen-bond acceptors (Lipinski definition) is 5. The minimum Gasteiger partial charge on any atom is -0.415 e. The molecule has 2 heterocycles. The second-order valence-electron chi connectivity index (χ2n) is 6.95. The molecule has 1 fully saturated rings. The third-order valence-corrected chi connectivity index (χ3v) is 4.74. The van der Waals surface area contributed by atoms with Gasteiger partial charge in [0.05, 0.1) is 18.2 Å². The number of hydrogen-bond donors (Lipinski definition) is 1. The molecule has 1 atom stereocenters. The number of alkyl halides is 3. The molecule has 1 aliphatic carbocycles. The Morgan fingerprint density at radius 1 is 1.30 bits per heavy atom. The number of carbonyl (C=O) groups excluding carboxylic acids is 1. The second kappa shape index (κ2) is 6.76. The average molecular weight is 422 g/mol. The van der Waals surface area contributed by atoms with Gasteiger partial charge in [-0.15, -0.1) is 0 Å². The lowest BCUT2D eigenvalue weighted by Gasteiger charge is -2.40. The molecule has 1 aliphatic heterocycles. The second-order valence-corrected chi connectivity index (χ2v) is 6.95. The van der Waals surface area contributed by atoms with E-state index in [-0.39, 0.29) is 17.3 Å². The van der Waals surface area contributed by atoms with Crippen molar-refractivity contribution in [3.05, 3.63) is 52.5 Å². The summed E-state index contributed by atoms with van der Waals surface area (Å²) in [6, 6.07) is 2.54. The number of carbonyl (C=O) groups is 1. The molecule has 0 saturated heterocycles. The summed E-state index contributed by atoms with van der Waals surface area (Å²) in [6.45, 7) is -0.543. The largest absolute Gasteiger partial charge is 0.445 e. The minimum atomic E-state index is -5.13. The Hall–Kier alpha value is -3.55. The number of benzene rings is 1. The summed E-state index contributed by atoms with van der Waals surface area (Å²) in [6.07, 6.45) is -3.09. The first-order valence-electron chi connectivity index (χ1n) is 8.82. The topological polar surface area (TPSA) is 90.5 Å². The first kappa shape index (κ1) is 19.8. The number of aromatic nitrogens is 2. The molecule has 1 aromatic carbocycles. The van der Waals surface area contributed by atoms with E-state index in [2.05, 4.69) is 10.9 Å². The van der Waals surface area contributed by atoms with Gasteiger partial charge >= 0.3 is 12.3 Å². The predicted octanol–water partition coefficient (Wildman–Crippen LogP) is 2.75. The Bertz CT molecular complexity index is 1150. The van der Waals surface area contributed by atoms with Crippen LogP contribution in [0.4, 0.5) is 33.7 Å². The van der Waals surface area contributed by atoms with E-state index in [0.717, 1.165) is 34.1 Å². The van der Waals surface area contributed by atoms with Gasteiger partial charge in [0.1, 0.15) is 18.2 Å². The molecule has 7 nitrogen and oxygen atoms in total. The van der Waals surface area contributed by atoms with Crippen LogP contribution in [0.1, 0.15) is 18.4 Å². The summed E-state index contributed by atoms with van der Waals surface area (Å²) in [5, 5.41) is 0. The van der Waals surface area contributed by atoms with Gasteiger partial charge in [-0.3, -0.25) is 14.3 Å². The van der Waals surface area contributed by atoms with Crippen molar-refractivity contribution in [2.45, 2.75) is 31.3 Å². The first-order valence-corrected chi connectivity index (χ1v) is 8.82. The summed E-state index contributed by atoms with van der Waals surface area (Å²) in [5.74, 6) is 3.32. The molecule has 0 bridgehead atoms. The molecule has 11 heteroatoms. The van der Waals surface area contributed by atoms with Crippen LogP contribution in [0.2, 0.25) is 0 Å². The quantitative estimate of drug-likeness (QED) is 0.594. The van der Waals surface area contributed by atoms with Crippen LogP contribution >= 0.6 is 0 Å². The Morgan fingerprint density at radius 3 is 2.70 bits per heavy atom. The van der Waals surface area contributed by atoms with Gasteiger partial charge in [0.25, 0.3) is 11.2 Å². The molecule has 0 spiro atoms. The number of anilines is 2. The molecule has 156 valence electrons. The van der Waals surface area contributed by atoms with Gasteiger partial charge in [0.2, 0.25) is 0 Å². The minimum absolute atomic E-state index is 0.220. The number of halogens is 4. The summed E-state index contributed by atoms with van der Waals surface area (Å²) in [5.41, 5.74) is 0.295. The maximum Gasteiger partial charge on any atom is 0.445 e. The molecule has 30 heavy (non-hydrogen) atoms. The molecule has 2 aliphatic rings. The monoisotopic (exact) mass is 422 g/mol. The van der Waals surface area contributed by atoms with Gasteiger partial charge in [0, 0.05) is 11.5 Å². The van der Waals surface area contributed by atoms with E-state index in [0.29, 0.717) is 18.9 Å². The zero-order chi connectivity index (χ0) is 21.7. The molecule has 2 N–H and O–H groups in total. The number of amides is 1. The lowest BCUT2D eigenvalue weighted by Crippen LogP contribution is -2.53. The van der Waals surface area contributed by atoms with Crippen molar-refractivity contribution in [1.82, 2.24) is 9.55 Å². The molecule has 2 aromatic rings. The van der Waals surface area contributed by atoms with Gasteiger partial charge in [-0.2, -0.15) is 13.2 Å². The number of nitrogens with two attached hydrogens (primary N) is 1. The Morgan fingerprint density at radius 2 is 2.03 bits per heavy atom. The highest BCUT2D eigenvalue weighted by Gasteiger charge is 2.63. The van der Waals surface area contributed by atoms with Crippen molar-refractivity contribution in [2.75, 3.05) is 10.6 Å². The van der Waals surface area contributed by atoms with Gasteiger partial charge in [-0.1, -0.05) is 5.92 Å². The summed E-state index contributed by atoms with van der Waals surface area (Å²) in [4.78, 5) is 29.3. The highest BCUT2D eigenvalue weighted by Crippen LogP contribution is 2.49. The van der Waals surface area contributed by atoms with Gasteiger partial charge in [-0.25, -0.2) is 14.2 Å². The van der Waals surface area contributed by atoms with Crippen LogP contribution in [0.5, 0.6) is 0 Å². The van der Waals surface area contributed by atoms with Crippen LogP contribution in [0.3, 0.4) is 0 Å². The molecule has 0 radical (unpaired) electrons. The number of ether oxygens (including phenoxy) is 1. The third kappa shape index (κ3) is 3.24. The van der Waals surface area contributed by atoms with Crippen molar-refractivity contribution in [1.29, 1.82) is 0 Å². The van der Waals surface area contributed by atoms with Crippen LogP contribution in [0.15, 0.2) is 35.5 Å². The standard InChI is InChI=1S/C19H14F4N4O3/c20-12-3-4-15-13(7-12)18(19(21,22)23,6-5-11-1-2-11)30-17(29)27(15)10-26-9-25-8-14(24)16(26)28/h3-4,7-9,11H,1-2,10,24H2. The average Bonchev–Trinajstić information content (AvgIpc) is 3.49. The fourth-order valence-corrected chi connectivity index (χ4v) is 3.03. The number of rotatable bonds is 2. The zero-order valence-corrected chi connectivity index (χ0v) is 15.2. The summed E-state index contributed by atoms with van der Waals surface area (Å²) >= 11 is 0. The van der Waals surface area contributed by atoms with Crippen molar-refractivity contribution in [3.8, 4) is 11.8 Å². The summed E-state index contributed by atoms with van der Waals surface area (Å²) in [7, 11) is 0. The molecule has 1 amide bonds. The van der Waals surface area contributed by atoms with Crippen molar-refractivity contribution in [3.63, 3.8) is 0 Å². The number of nitrogen functional groups attached to an aromatic ring is 1.